The Morgan fingerprint density at radius 3 is 3.00 bits per heavy atom. The number of thioether (sulfide) groups is 1. The third-order valence-electron chi connectivity index (χ3n) is 2.46. The molecule has 1 aliphatic rings. The molecule has 2 heterocycles. The predicted molar refractivity (Wildman–Crippen MR) is 75.5 cm³/mol. The highest BCUT2D eigenvalue weighted by molar-refractivity contribution is 8.26. The van der Waals surface area contributed by atoms with E-state index in [0.29, 0.717) is 28.0 Å². The number of carbonyl (C=O) groups is 2. The average molecular weight is 297 g/mol. The molecule has 1 aliphatic heterocycles. The highest BCUT2D eigenvalue weighted by Crippen LogP contribution is 2.32. The zero-order chi connectivity index (χ0) is 13.8. The summed E-state index contributed by atoms with van der Waals surface area (Å²) in [4.78, 5) is 24.4. The molecule has 0 radical (unpaired) electrons. The van der Waals surface area contributed by atoms with Crippen LogP contribution in [0.3, 0.4) is 0 Å². The van der Waals surface area contributed by atoms with Crippen molar-refractivity contribution in [2.45, 2.75) is 12.8 Å². The number of thiocarbonyl (C=S) groups is 1. The lowest BCUT2D eigenvalue weighted by molar-refractivity contribution is -0.137. The molecule has 0 atom stereocenters. The van der Waals surface area contributed by atoms with E-state index in [9.17, 15) is 9.59 Å². The first-order chi connectivity index (χ1) is 9.08. The Bertz CT molecular complexity index is 536. The molecule has 1 aromatic heterocycles. The van der Waals surface area contributed by atoms with Gasteiger partial charge >= 0.3 is 5.97 Å². The fourth-order valence-electron chi connectivity index (χ4n) is 1.58. The lowest BCUT2D eigenvalue weighted by atomic mass is 10.3. The van der Waals surface area contributed by atoms with Crippen molar-refractivity contribution in [2.75, 3.05) is 6.54 Å². The Kier molecular flexibility index (Phi) is 4.39. The molecule has 5 nitrogen and oxygen atoms in total. The molecule has 0 aliphatic carbocycles. The number of amides is 1. The Balaban J connectivity index is 2.02. The van der Waals surface area contributed by atoms with Gasteiger partial charge < -0.3 is 9.52 Å². The van der Waals surface area contributed by atoms with E-state index in [2.05, 4.69) is 0 Å². The van der Waals surface area contributed by atoms with Gasteiger partial charge in [-0.2, -0.15) is 0 Å². The van der Waals surface area contributed by atoms with Gasteiger partial charge in [-0.1, -0.05) is 24.0 Å². The first kappa shape index (κ1) is 13.8. The number of nitrogens with zero attached hydrogens (tertiary/aromatic N) is 1. The van der Waals surface area contributed by atoms with Crippen molar-refractivity contribution in [3.8, 4) is 0 Å². The summed E-state index contributed by atoms with van der Waals surface area (Å²) in [5.74, 6) is -0.487. The molecule has 1 saturated heterocycles. The minimum Gasteiger partial charge on any atom is -0.481 e. The minimum absolute atomic E-state index is 0.0221. The smallest absolute Gasteiger partial charge is 0.303 e. The van der Waals surface area contributed by atoms with E-state index in [0.717, 1.165) is 0 Å². The third kappa shape index (κ3) is 3.45. The van der Waals surface area contributed by atoms with Gasteiger partial charge in [0.15, 0.2) is 0 Å². The van der Waals surface area contributed by atoms with Crippen LogP contribution in [0.2, 0.25) is 0 Å². The second-order valence-electron chi connectivity index (χ2n) is 3.85. The predicted octanol–water partition coefficient (Wildman–Crippen LogP) is 2.35. The molecule has 0 unspecified atom stereocenters. The maximum absolute atomic E-state index is 12.1. The normalized spacial score (nSPS) is 17.5. The summed E-state index contributed by atoms with van der Waals surface area (Å²) in [6.07, 6.45) is 3.57. The number of rotatable bonds is 5. The van der Waals surface area contributed by atoms with E-state index < -0.39 is 5.97 Å². The van der Waals surface area contributed by atoms with Crippen molar-refractivity contribution in [1.29, 1.82) is 0 Å². The number of carboxylic acid groups (broad SMARTS) is 1. The monoisotopic (exact) mass is 297 g/mol. The summed E-state index contributed by atoms with van der Waals surface area (Å²) >= 11 is 6.32. The first-order valence-corrected chi connectivity index (χ1v) is 6.81. The summed E-state index contributed by atoms with van der Waals surface area (Å²) in [5, 5.41) is 8.58. The molecular weight excluding hydrogens is 286 g/mol. The Labute approximate surface area is 119 Å². The van der Waals surface area contributed by atoms with Crippen LogP contribution >= 0.6 is 24.0 Å². The molecule has 1 aromatic rings. The molecule has 1 amide bonds. The molecule has 1 fully saturated rings. The highest BCUT2D eigenvalue weighted by atomic mass is 32.2. The third-order valence-corrected chi connectivity index (χ3v) is 3.84. The fourth-order valence-corrected chi connectivity index (χ4v) is 2.87. The molecule has 1 N–H and O–H groups in total. The molecule has 0 aromatic carbocycles. The summed E-state index contributed by atoms with van der Waals surface area (Å²) in [6, 6.07) is 3.48. The second kappa shape index (κ2) is 6.03. The number of hydrogen-bond donors (Lipinski definition) is 1. The van der Waals surface area contributed by atoms with E-state index in [1.54, 1.807) is 18.2 Å². The van der Waals surface area contributed by atoms with Gasteiger partial charge in [0.1, 0.15) is 10.1 Å². The molecule has 2 rings (SSSR count). The maximum atomic E-state index is 12.1. The van der Waals surface area contributed by atoms with Gasteiger partial charge in [-0.05, 0) is 18.6 Å². The summed E-state index contributed by atoms with van der Waals surface area (Å²) in [7, 11) is 0. The zero-order valence-corrected chi connectivity index (χ0v) is 11.5. The topological polar surface area (TPSA) is 70.8 Å². The van der Waals surface area contributed by atoms with Crippen molar-refractivity contribution in [2.24, 2.45) is 0 Å². The van der Waals surface area contributed by atoms with Crippen LogP contribution in [0.5, 0.6) is 0 Å². The summed E-state index contributed by atoms with van der Waals surface area (Å²) in [6.45, 7) is 0.326. The van der Waals surface area contributed by atoms with Crippen molar-refractivity contribution in [3.63, 3.8) is 0 Å². The van der Waals surface area contributed by atoms with Crippen LogP contribution in [-0.4, -0.2) is 32.7 Å². The lowest BCUT2D eigenvalue weighted by Gasteiger charge is -2.12. The lowest BCUT2D eigenvalue weighted by Crippen LogP contribution is -2.29. The summed E-state index contributed by atoms with van der Waals surface area (Å²) in [5.41, 5.74) is 0. The number of aliphatic carboxylic acids is 1. The molecule has 0 saturated carbocycles. The molecule has 19 heavy (non-hydrogen) atoms. The Morgan fingerprint density at radius 1 is 1.58 bits per heavy atom. The van der Waals surface area contributed by atoms with Crippen molar-refractivity contribution in [3.05, 3.63) is 29.1 Å². The number of hydrogen-bond acceptors (Lipinski definition) is 5. The van der Waals surface area contributed by atoms with Gasteiger partial charge in [0, 0.05) is 19.0 Å². The van der Waals surface area contributed by atoms with Gasteiger partial charge in [0.05, 0.1) is 11.2 Å². The molecule has 0 spiro atoms. The minimum atomic E-state index is -0.878. The van der Waals surface area contributed by atoms with E-state index in [4.69, 9.17) is 21.7 Å². The standard InChI is InChI=1S/C12H11NO4S2/c14-10(15)4-1-5-13-11(16)9(19-12(13)18)7-8-3-2-6-17-8/h2-3,6-7H,1,4-5H2,(H,14,15). The quantitative estimate of drug-likeness (QED) is 0.664. The van der Waals surface area contributed by atoms with Crippen LogP contribution in [0.25, 0.3) is 6.08 Å². The van der Waals surface area contributed by atoms with E-state index in [1.807, 2.05) is 0 Å². The van der Waals surface area contributed by atoms with Crippen molar-refractivity contribution >= 4 is 46.3 Å². The molecular formula is C12H11NO4S2. The molecule has 7 heteroatoms. The summed E-state index contributed by atoms with van der Waals surface area (Å²) < 4.78 is 5.60. The van der Waals surface area contributed by atoms with E-state index in [1.165, 1.54) is 22.9 Å². The zero-order valence-electron chi connectivity index (χ0n) is 9.87. The van der Waals surface area contributed by atoms with Gasteiger partial charge in [0.2, 0.25) is 0 Å². The van der Waals surface area contributed by atoms with Crippen molar-refractivity contribution < 1.29 is 19.1 Å². The maximum Gasteiger partial charge on any atom is 0.303 e. The van der Waals surface area contributed by atoms with Crippen LogP contribution in [0.4, 0.5) is 0 Å². The highest BCUT2D eigenvalue weighted by Gasteiger charge is 2.31. The van der Waals surface area contributed by atoms with Gasteiger partial charge in [-0.25, -0.2) is 0 Å². The molecule has 100 valence electrons. The average Bonchev–Trinajstić information content (AvgIpc) is 2.93. The van der Waals surface area contributed by atoms with E-state index >= 15 is 0 Å². The first-order valence-electron chi connectivity index (χ1n) is 5.58. The number of carbonyl (C=O) groups excluding carboxylic acids is 1. The largest absolute Gasteiger partial charge is 0.481 e. The van der Waals surface area contributed by atoms with Crippen LogP contribution in [-0.2, 0) is 9.59 Å². The van der Waals surface area contributed by atoms with Crippen LogP contribution < -0.4 is 0 Å². The Hall–Kier alpha value is -1.60. The van der Waals surface area contributed by atoms with E-state index in [-0.39, 0.29) is 12.3 Å². The van der Waals surface area contributed by atoms with Crippen LogP contribution in [0, 0.1) is 0 Å². The van der Waals surface area contributed by atoms with Gasteiger partial charge in [-0.3, -0.25) is 14.5 Å². The Morgan fingerprint density at radius 2 is 2.37 bits per heavy atom. The SMILES string of the molecule is O=C(O)CCCN1C(=O)C(=Cc2ccco2)SC1=S. The fraction of sp³-hybridized carbons (Fsp3) is 0.250. The van der Waals surface area contributed by atoms with Crippen molar-refractivity contribution in [1.82, 2.24) is 4.90 Å². The van der Waals surface area contributed by atoms with Crippen LogP contribution in [0.1, 0.15) is 18.6 Å². The second-order valence-corrected chi connectivity index (χ2v) is 5.52. The number of carboxylic acids is 1. The van der Waals surface area contributed by atoms with Crippen LogP contribution in [0.15, 0.2) is 27.7 Å². The van der Waals surface area contributed by atoms with Gasteiger partial charge in [-0.15, -0.1) is 0 Å². The molecule has 0 bridgehead atoms. The number of furan rings is 1. The van der Waals surface area contributed by atoms with Gasteiger partial charge in [0.25, 0.3) is 5.91 Å².